The van der Waals surface area contributed by atoms with Crippen molar-refractivity contribution < 1.29 is 14.3 Å². The molecule has 110 valence electrons. The Bertz CT molecular complexity index is 664. The van der Waals surface area contributed by atoms with Crippen LogP contribution < -0.4 is 0 Å². The molecule has 21 heavy (non-hydrogen) atoms. The maximum atomic E-state index is 12.9. The smallest absolute Gasteiger partial charge is 0.173 e. The van der Waals surface area contributed by atoms with Gasteiger partial charge in [0.15, 0.2) is 5.78 Å². The molecule has 0 N–H and O–H groups in total. The zero-order valence-electron chi connectivity index (χ0n) is 12.1. The molecule has 4 heteroatoms. The summed E-state index contributed by atoms with van der Waals surface area (Å²) in [5.74, 6) is 0.985. The van der Waals surface area contributed by atoms with Gasteiger partial charge >= 0.3 is 0 Å². The highest BCUT2D eigenvalue weighted by atomic mass is 35.5. The van der Waals surface area contributed by atoms with Crippen molar-refractivity contribution in [2.24, 2.45) is 11.8 Å². The van der Waals surface area contributed by atoms with Crippen LogP contribution in [0.2, 0.25) is 5.02 Å². The lowest BCUT2D eigenvalue weighted by molar-refractivity contribution is -0.118. The van der Waals surface area contributed by atoms with Gasteiger partial charge in [-0.2, -0.15) is 0 Å². The van der Waals surface area contributed by atoms with Crippen LogP contribution in [0.3, 0.4) is 0 Å². The first-order chi connectivity index (χ1) is 10.1. The van der Waals surface area contributed by atoms with Gasteiger partial charge in [0.2, 0.25) is 0 Å². The minimum atomic E-state index is -0.0629. The second kappa shape index (κ2) is 4.59. The van der Waals surface area contributed by atoms with Gasteiger partial charge in [0, 0.05) is 5.02 Å². The molecule has 0 saturated carbocycles. The molecule has 3 aliphatic rings. The normalized spacial score (nSPS) is 33.8. The fourth-order valence-electron chi connectivity index (χ4n) is 4.17. The molecule has 4 rings (SSSR count). The number of halogens is 1. The predicted molar refractivity (Wildman–Crippen MR) is 80.0 cm³/mol. The summed E-state index contributed by atoms with van der Waals surface area (Å²) in [5, 5.41) is 0.641. The van der Waals surface area contributed by atoms with Crippen LogP contribution in [0.15, 0.2) is 24.0 Å². The molecule has 1 aromatic rings. The Labute approximate surface area is 128 Å². The number of ketones is 1. The topological polar surface area (TPSA) is 35.5 Å². The van der Waals surface area contributed by atoms with Crippen LogP contribution in [0, 0.1) is 18.8 Å². The number of Topliss-reactive ketones (excluding diaryl/α,β-unsaturated/α-hetero) is 1. The fourth-order valence-corrected chi connectivity index (χ4v) is 4.34. The molecular formula is C17H17ClO3. The molecule has 2 bridgehead atoms. The molecule has 2 aliphatic heterocycles. The number of rotatable bonds is 2. The monoisotopic (exact) mass is 304 g/mol. The van der Waals surface area contributed by atoms with Gasteiger partial charge in [-0.15, -0.1) is 0 Å². The number of hydrogen-bond acceptors (Lipinski definition) is 3. The lowest BCUT2D eigenvalue weighted by Gasteiger charge is -2.21. The van der Waals surface area contributed by atoms with Gasteiger partial charge in [-0.05, 0) is 43.0 Å². The van der Waals surface area contributed by atoms with E-state index in [0.717, 1.165) is 29.7 Å². The first kappa shape index (κ1) is 13.4. The molecule has 0 radical (unpaired) electrons. The maximum Gasteiger partial charge on any atom is 0.173 e. The average Bonchev–Trinajstić information content (AvgIpc) is 3.13. The van der Waals surface area contributed by atoms with Crippen LogP contribution in [0.5, 0.6) is 0 Å². The molecule has 0 unspecified atom stereocenters. The predicted octanol–water partition coefficient (Wildman–Crippen LogP) is 3.38. The number of ether oxygens (including phenoxy) is 2. The second-order valence-corrected chi connectivity index (χ2v) is 6.55. The Morgan fingerprint density at radius 3 is 2.67 bits per heavy atom. The van der Waals surface area contributed by atoms with E-state index >= 15 is 0 Å². The number of methoxy groups -OCH3 is 1. The Kier molecular flexibility index (Phi) is 2.92. The molecule has 2 fully saturated rings. The van der Waals surface area contributed by atoms with E-state index in [2.05, 4.69) is 0 Å². The quantitative estimate of drug-likeness (QED) is 0.840. The highest BCUT2D eigenvalue weighted by molar-refractivity contribution is 6.31. The van der Waals surface area contributed by atoms with Gasteiger partial charge in [0.05, 0.1) is 36.7 Å². The van der Waals surface area contributed by atoms with E-state index in [1.54, 1.807) is 7.11 Å². The molecule has 1 aromatic carbocycles. The van der Waals surface area contributed by atoms with Crippen molar-refractivity contribution in [3.63, 3.8) is 0 Å². The van der Waals surface area contributed by atoms with Gasteiger partial charge < -0.3 is 9.47 Å². The van der Waals surface area contributed by atoms with Crippen LogP contribution in [-0.2, 0) is 14.3 Å². The van der Waals surface area contributed by atoms with E-state index in [4.69, 9.17) is 21.1 Å². The van der Waals surface area contributed by atoms with Crippen molar-refractivity contribution >= 4 is 23.0 Å². The van der Waals surface area contributed by atoms with Crippen LogP contribution >= 0.6 is 11.6 Å². The molecule has 0 aromatic heterocycles. The van der Waals surface area contributed by atoms with Gasteiger partial charge in [-0.25, -0.2) is 0 Å². The van der Waals surface area contributed by atoms with Crippen molar-refractivity contribution in [1.82, 2.24) is 0 Å². The fraction of sp³-hybridized carbons (Fsp3) is 0.471. The highest BCUT2D eigenvalue weighted by Gasteiger charge is 2.59. The average molecular weight is 305 g/mol. The summed E-state index contributed by atoms with van der Waals surface area (Å²) >= 11 is 6.12. The van der Waals surface area contributed by atoms with Crippen LogP contribution in [0.1, 0.15) is 24.0 Å². The molecule has 1 aliphatic carbocycles. The number of benzene rings is 1. The molecule has 0 amide bonds. The van der Waals surface area contributed by atoms with E-state index in [-0.39, 0.29) is 29.8 Å². The number of carbonyl (C=O) groups is 1. The minimum Gasteiger partial charge on any atom is -0.500 e. The van der Waals surface area contributed by atoms with Crippen LogP contribution in [0.4, 0.5) is 0 Å². The molecule has 2 heterocycles. The first-order valence-corrected chi connectivity index (χ1v) is 7.74. The van der Waals surface area contributed by atoms with Crippen molar-refractivity contribution in [3.05, 3.63) is 40.1 Å². The minimum absolute atomic E-state index is 0.0629. The second-order valence-electron chi connectivity index (χ2n) is 6.11. The van der Waals surface area contributed by atoms with Gasteiger partial charge in [-0.3, -0.25) is 4.79 Å². The third-order valence-electron chi connectivity index (χ3n) is 5.06. The van der Waals surface area contributed by atoms with E-state index in [0.29, 0.717) is 10.6 Å². The van der Waals surface area contributed by atoms with Crippen molar-refractivity contribution in [2.45, 2.75) is 32.0 Å². The highest BCUT2D eigenvalue weighted by Crippen LogP contribution is 2.54. The lowest BCUT2D eigenvalue weighted by atomic mass is 9.80. The number of carbonyl (C=O) groups excluding carboxylic acids is 1. The molecular weight excluding hydrogens is 288 g/mol. The van der Waals surface area contributed by atoms with Gasteiger partial charge in [0.25, 0.3) is 0 Å². The summed E-state index contributed by atoms with van der Waals surface area (Å²) in [5.41, 5.74) is 2.66. The summed E-state index contributed by atoms with van der Waals surface area (Å²) in [7, 11) is 1.65. The standard InChI is InChI=1S/C17H17ClO3/c1-8-3-4-9(18)7-10(8)13-16(19)14-11-5-6-12(21-11)15(14)17(13)20-2/h3-4,7,11-12,14-15H,5-6H2,1-2H3/t11-,12+,14-,15+/m0/s1. The summed E-state index contributed by atoms with van der Waals surface area (Å²) in [6, 6.07) is 5.66. The van der Waals surface area contributed by atoms with E-state index in [1.165, 1.54) is 0 Å². The van der Waals surface area contributed by atoms with Gasteiger partial charge in [-0.1, -0.05) is 17.7 Å². The third kappa shape index (κ3) is 1.74. The van der Waals surface area contributed by atoms with Crippen LogP contribution in [-0.4, -0.2) is 25.1 Å². The Morgan fingerprint density at radius 2 is 1.95 bits per heavy atom. The number of fused-ring (bicyclic) bond motifs is 5. The molecule has 2 saturated heterocycles. The number of allylic oxidation sites excluding steroid dienone is 1. The Morgan fingerprint density at radius 1 is 1.24 bits per heavy atom. The summed E-state index contributed by atoms with van der Waals surface area (Å²) in [6.07, 6.45) is 2.20. The zero-order valence-corrected chi connectivity index (χ0v) is 12.8. The largest absolute Gasteiger partial charge is 0.500 e. The van der Waals surface area contributed by atoms with Crippen molar-refractivity contribution in [3.8, 4) is 0 Å². The van der Waals surface area contributed by atoms with E-state index in [9.17, 15) is 4.79 Å². The summed E-state index contributed by atoms with van der Waals surface area (Å²) in [6.45, 7) is 2.00. The first-order valence-electron chi connectivity index (χ1n) is 7.36. The lowest BCUT2D eigenvalue weighted by Crippen LogP contribution is -2.29. The summed E-state index contributed by atoms with van der Waals surface area (Å²) < 4.78 is 11.6. The Hall–Kier alpha value is -1.32. The third-order valence-corrected chi connectivity index (χ3v) is 5.30. The number of hydrogen-bond donors (Lipinski definition) is 0. The molecule has 4 atom stereocenters. The SMILES string of the molecule is COC1=C(c2cc(Cl)ccc2C)C(=O)[C@@H]2[C@H]1[C@H]1CC[C@@H]2O1. The van der Waals surface area contributed by atoms with E-state index < -0.39 is 0 Å². The Balaban J connectivity index is 1.88. The maximum absolute atomic E-state index is 12.9. The van der Waals surface area contributed by atoms with Crippen molar-refractivity contribution in [2.75, 3.05) is 7.11 Å². The zero-order chi connectivity index (χ0) is 14.7. The summed E-state index contributed by atoms with van der Waals surface area (Å²) in [4.78, 5) is 12.9. The van der Waals surface area contributed by atoms with E-state index in [1.807, 2.05) is 25.1 Å². The number of aryl methyl sites for hydroxylation is 1. The van der Waals surface area contributed by atoms with Crippen LogP contribution in [0.25, 0.3) is 5.57 Å². The molecule has 3 nitrogen and oxygen atoms in total. The van der Waals surface area contributed by atoms with Gasteiger partial charge in [0.1, 0.15) is 5.76 Å². The van der Waals surface area contributed by atoms with Crippen molar-refractivity contribution in [1.29, 1.82) is 0 Å². The molecule has 0 spiro atoms.